The zero-order chi connectivity index (χ0) is 13.1. The molecule has 92 valence electrons. The number of carbonyl (C=O) groups is 1. The fraction of sp³-hybridized carbons (Fsp3) is 0.0714. The lowest BCUT2D eigenvalue weighted by atomic mass is 10.1. The number of halogens is 2. The van der Waals surface area contributed by atoms with Crippen molar-refractivity contribution in [1.29, 1.82) is 0 Å². The quantitative estimate of drug-likeness (QED) is 0.690. The SMILES string of the molecule is CC(=O)c1ccc(Sc2ccccc2Br)cc1Cl. The molecule has 0 aromatic heterocycles. The highest BCUT2D eigenvalue weighted by Gasteiger charge is 2.08. The molecule has 0 atom stereocenters. The third-order valence-electron chi connectivity index (χ3n) is 2.38. The van der Waals surface area contributed by atoms with Crippen molar-refractivity contribution in [3.63, 3.8) is 0 Å². The van der Waals surface area contributed by atoms with E-state index in [2.05, 4.69) is 15.9 Å². The molecule has 0 aliphatic heterocycles. The van der Waals surface area contributed by atoms with Crippen molar-refractivity contribution >= 4 is 45.1 Å². The van der Waals surface area contributed by atoms with Crippen molar-refractivity contribution in [3.8, 4) is 0 Å². The van der Waals surface area contributed by atoms with E-state index in [-0.39, 0.29) is 5.78 Å². The summed E-state index contributed by atoms with van der Waals surface area (Å²) in [5, 5.41) is 0.500. The van der Waals surface area contributed by atoms with Crippen LogP contribution in [0.5, 0.6) is 0 Å². The molecule has 0 spiro atoms. The van der Waals surface area contributed by atoms with Crippen molar-refractivity contribution in [2.24, 2.45) is 0 Å². The fourth-order valence-electron chi connectivity index (χ4n) is 1.50. The van der Waals surface area contributed by atoms with E-state index in [0.717, 1.165) is 14.3 Å². The van der Waals surface area contributed by atoms with Gasteiger partial charge in [0.15, 0.2) is 5.78 Å². The molecule has 2 rings (SSSR count). The molecule has 0 saturated heterocycles. The Morgan fingerprint density at radius 1 is 1.22 bits per heavy atom. The van der Waals surface area contributed by atoms with Crippen LogP contribution in [0.2, 0.25) is 5.02 Å². The van der Waals surface area contributed by atoms with Crippen molar-refractivity contribution in [3.05, 3.63) is 57.5 Å². The summed E-state index contributed by atoms with van der Waals surface area (Å²) in [6, 6.07) is 13.5. The third kappa shape index (κ3) is 3.16. The van der Waals surface area contributed by atoms with Gasteiger partial charge in [-0.3, -0.25) is 4.79 Å². The molecule has 4 heteroatoms. The second-order valence-corrected chi connectivity index (χ2v) is 6.11. The minimum absolute atomic E-state index is 0.0163. The lowest BCUT2D eigenvalue weighted by Gasteiger charge is -2.06. The van der Waals surface area contributed by atoms with E-state index in [4.69, 9.17) is 11.6 Å². The maximum Gasteiger partial charge on any atom is 0.161 e. The minimum atomic E-state index is -0.0163. The van der Waals surface area contributed by atoms with E-state index in [1.807, 2.05) is 36.4 Å². The first-order valence-corrected chi connectivity index (χ1v) is 7.29. The predicted molar refractivity (Wildman–Crippen MR) is 79.7 cm³/mol. The summed E-state index contributed by atoms with van der Waals surface area (Å²) in [6.45, 7) is 1.52. The Morgan fingerprint density at radius 2 is 1.94 bits per heavy atom. The second-order valence-electron chi connectivity index (χ2n) is 3.73. The van der Waals surface area contributed by atoms with Gasteiger partial charge in [0.05, 0.1) is 5.02 Å². The van der Waals surface area contributed by atoms with Crippen LogP contribution in [-0.2, 0) is 0 Å². The van der Waals surface area contributed by atoms with Crippen LogP contribution in [0.4, 0.5) is 0 Å². The number of carbonyl (C=O) groups excluding carboxylic acids is 1. The topological polar surface area (TPSA) is 17.1 Å². The van der Waals surface area contributed by atoms with Crippen LogP contribution in [0.25, 0.3) is 0 Å². The second kappa shape index (κ2) is 5.91. The lowest BCUT2D eigenvalue weighted by molar-refractivity contribution is 0.101. The molecule has 0 fully saturated rings. The largest absolute Gasteiger partial charge is 0.294 e. The highest BCUT2D eigenvalue weighted by Crippen LogP contribution is 2.35. The normalized spacial score (nSPS) is 10.4. The van der Waals surface area contributed by atoms with Crippen LogP contribution in [0.3, 0.4) is 0 Å². The molecule has 0 unspecified atom stereocenters. The summed E-state index contributed by atoms with van der Waals surface area (Å²) in [4.78, 5) is 13.4. The Kier molecular flexibility index (Phi) is 4.49. The number of rotatable bonds is 3. The molecular weight excluding hydrogens is 332 g/mol. The predicted octanol–water partition coefficient (Wildman–Crippen LogP) is 5.46. The highest BCUT2D eigenvalue weighted by molar-refractivity contribution is 9.10. The number of Topliss-reactive ketones (excluding diaryl/α,β-unsaturated/α-hetero) is 1. The molecule has 2 aromatic rings. The molecule has 0 aliphatic carbocycles. The van der Waals surface area contributed by atoms with Gasteiger partial charge in [-0.2, -0.15) is 0 Å². The summed E-state index contributed by atoms with van der Waals surface area (Å²) in [5.74, 6) is -0.0163. The Morgan fingerprint density at radius 3 is 2.56 bits per heavy atom. The maximum absolute atomic E-state index is 11.3. The summed E-state index contributed by atoms with van der Waals surface area (Å²) < 4.78 is 1.04. The molecular formula is C14H10BrClOS. The number of ketones is 1. The van der Waals surface area contributed by atoms with Crippen molar-refractivity contribution in [1.82, 2.24) is 0 Å². The standard InChI is InChI=1S/C14H10BrClOS/c1-9(17)11-7-6-10(8-13(11)16)18-14-5-3-2-4-12(14)15/h2-8H,1H3. The Bertz CT molecular complexity index is 598. The summed E-state index contributed by atoms with van der Waals surface area (Å²) in [5.41, 5.74) is 0.563. The van der Waals surface area contributed by atoms with Crippen LogP contribution in [-0.4, -0.2) is 5.78 Å². The van der Waals surface area contributed by atoms with Crippen LogP contribution < -0.4 is 0 Å². The molecule has 2 aromatic carbocycles. The van der Waals surface area contributed by atoms with Crippen molar-refractivity contribution in [2.45, 2.75) is 16.7 Å². The van der Waals surface area contributed by atoms with Crippen LogP contribution in [0, 0.1) is 0 Å². The van der Waals surface area contributed by atoms with Gasteiger partial charge < -0.3 is 0 Å². The molecule has 0 N–H and O–H groups in total. The summed E-state index contributed by atoms with van der Waals surface area (Å²) in [7, 11) is 0. The van der Waals surface area contributed by atoms with E-state index in [1.54, 1.807) is 17.8 Å². The monoisotopic (exact) mass is 340 g/mol. The van der Waals surface area contributed by atoms with Gasteiger partial charge in [-0.25, -0.2) is 0 Å². The van der Waals surface area contributed by atoms with E-state index in [9.17, 15) is 4.79 Å². The molecule has 0 bridgehead atoms. The average Bonchev–Trinajstić information content (AvgIpc) is 2.32. The number of hydrogen-bond donors (Lipinski definition) is 0. The maximum atomic E-state index is 11.3. The van der Waals surface area contributed by atoms with Gasteiger partial charge in [0.25, 0.3) is 0 Å². The molecule has 18 heavy (non-hydrogen) atoms. The van der Waals surface area contributed by atoms with Crippen molar-refractivity contribution < 1.29 is 4.79 Å². The first-order valence-electron chi connectivity index (χ1n) is 5.31. The Hall–Kier alpha value is -0.770. The van der Waals surface area contributed by atoms with Gasteiger partial charge in [-0.15, -0.1) is 0 Å². The molecule has 0 aliphatic rings. The van der Waals surface area contributed by atoms with E-state index in [0.29, 0.717) is 10.6 Å². The fourth-order valence-corrected chi connectivity index (χ4v) is 3.28. The van der Waals surface area contributed by atoms with Crippen molar-refractivity contribution in [2.75, 3.05) is 0 Å². The van der Waals surface area contributed by atoms with Gasteiger partial charge in [0.2, 0.25) is 0 Å². The van der Waals surface area contributed by atoms with Crippen LogP contribution >= 0.6 is 39.3 Å². The van der Waals surface area contributed by atoms with Gasteiger partial charge >= 0.3 is 0 Å². The molecule has 0 heterocycles. The molecule has 0 saturated carbocycles. The lowest BCUT2D eigenvalue weighted by Crippen LogP contribution is -1.92. The van der Waals surface area contributed by atoms with Gasteiger partial charge in [0.1, 0.15) is 0 Å². The zero-order valence-corrected chi connectivity index (χ0v) is 12.8. The first-order chi connectivity index (χ1) is 8.58. The van der Waals surface area contributed by atoms with Crippen LogP contribution in [0.15, 0.2) is 56.7 Å². The molecule has 0 radical (unpaired) electrons. The van der Waals surface area contributed by atoms with E-state index < -0.39 is 0 Å². The smallest absolute Gasteiger partial charge is 0.161 e. The number of benzene rings is 2. The van der Waals surface area contributed by atoms with Gasteiger partial charge in [-0.05, 0) is 53.2 Å². The van der Waals surface area contributed by atoms with Crippen LogP contribution in [0.1, 0.15) is 17.3 Å². The third-order valence-corrected chi connectivity index (χ3v) is 4.72. The van der Waals surface area contributed by atoms with Gasteiger partial charge in [-0.1, -0.05) is 35.5 Å². The zero-order valence-electron chi connectivity index (χ0n) is 9.61. The molecule has 0 amide bonds. The minimum Gasteiger partial charge on any atom is -0.294 e. The molecule has 1 nitrogen and oxygen atoms in total. The van der Waals surface area contributed by atoms with E-state index >= 15 is 0 Å². The Balaban J connectivity index is 2.29. The van der Waals surface area contributed by atoms with E-state index in [1.165, 1.54) is 6.92 Å². The average molecular weight is 342 g/mol. The highest BCUT2D eigenvalue weighted by atomic mass is 79.9. The summed E-state index contributed by atoms with van der Waals surface area (Å²) in [6.07, 6.45) is 0. The Labute approximate surface area is 124 Å². The van der Waals surface area contributed by atoms with Gasteiger partial charge in [0, 0.05) is 19.8 Å². The first kappa shape index (κ1) is 13.7. The number of hydrogen-bond acceptors (Lipinski definition) is 2. The summed E-state index contributed by atoms with van der Waals surface area (Å²) >= 11 is 11.2.